The Morgan fingerprint density at radius 2 is 2.20 bits per heavy atom. The van der Waals surface area contributed by atoms with E-state index in [1.807, 2.05) is 0 Å². The molecule has 2 unspecified atom stereocenters. The van der Waals surface area contributed by atoms with E-state index in [1.165, 1.54) is 19.3 Å². The minimum absolute atomic E-state index is 0.144. The lowest BCUT2D eigenvalue weighted by Gasteiger charge is -2.36. The van der Waals surface area contributed by atoms with Crippen LogP contribution in [0.5, 0.6) is 0 Å². The molecule has 15 heavy (non-hydrogen) atoms. The van der Waals surface area contributed by atoms with Crippen molar-refractivity contribution in [2.75, 3.05) is 13.1 Å². The molecule has 2 rings (SSSR count). The summed E-state index contributed by atoms with van der Waals surface area (Å²) in [4.78, 5) is 13.3. The molecule has 0 aromatic carbocycles. The van der Waals surface area contributed by atoms with Crippen molar-refractivity contribution >= 4 is 5.97 Å². The Bertz CT molecular complexity index is 262. The second-order valence-corrected chi connectivity index (χ2v) is 4.60. The Labute approximate surface area is 90.8 Å². The SMILES string of the molecule is O=C(O)C1CCCN(C2C=CCCC2)C1. The van der Waals surface area contributed by atoms with E-state index >= 15 is 0 Å². The van der Waals surface area contributed by atoms with Gasteiger partial charge in [-0.15, -0.1) is 0 Å². The van der Waals surface area contributed by atoms with Crippen LogP contribution in [0.3, 0.4) is 0 Å². The lowest BCUT2D eigenvalue weighted by molar-refractivity contribution is -0.143. The third kappa shape index (κ3) is 2.59. The summed E-state index contributed by atoms with van der Waals surface area (Å²) in [7, 11) is 0. The molecule has 1 aliphatic heterocycles. The molecule has 3 nitrogen and oxygen atoms in total. The van der Waals surface area contributed by atoms with E-state index in [9.17, 15) is 4.79 Å². The summed E-state index contributed by atoms with van der Waals surface area (Å²) in [5.74, 6) is -0.770. The van der Waals surface area contributed by atoms with Crippen LogP contribution in [0.25, 0.3) is 0 Å². The van der Waals surface area contributed by atoms with Crippen molar-refractivity contribution < 1.29 is 9.90 Å². The average Bonchev–Trinajstić information content (AvgIpc) is 2.30. The number of carbonyl (C=O) groups is 1. The Hall–Kier alpha value is -0.830. The zero-order valence-electron chi connectivity index (χ0n) is 9.06. The van der Waals surface area contributed by atoms with E-state index in [-0.39, 0.29) is 5.92 Å². The van der Waals surface area contributed by atoms with E-state index in [4.69, 9.17) is 5.11 Å². The van der Waals surface area contributed by atoms with Crippen molar-refractivity contribution in [2.24, 2.45) is 5.92 Å². The average molecular weight is 209 g/mol. The fourth-order valence-electron chi connectivity index (χ4n) is 2.61. The molecule has 0 spiro atoms. The van der Waals surface area contributed by atoms with Crippen LogP contribution in [-0.4, -0.2) is 35.1 Å². The molecule has 2 aliphatic rings. The molecular formula is C12H19NO2. The van der Waals surface area contributed by atoms with E-state index in [1.54, 1.807) is 0 Å². The van der Waals surface area contributed by atoms with Gasteiger partial charge in [-0.1, -0.05) is 12.2 Å². The standard InChI is InChI=1S/C12H19NO2/c14-12(15)10-5-4-8-13(9-10)11-6-2-1-3-7-11/h2,6,10-11H,1,3-5,7-9H2,(H,14,15). The maximum absolute atomic E-state index is 10.9. The predicted octanol–water partition coefficient (Wildman–Crippen LogP) is 1.89. The van der Waals surface area contributed by atoms with Gasteiger partial charge in [0.2, 0.25) is 0 Å². The number of carboxylic acids is 1. The zero-order chi connectivity index (χ0) is 10.7. The lowest BCUT2D eigenvalue weighted by atomic mass is 9.94. The summed E-state index contributed by atoms with van der Waals surface area (Å²) < 4.78 is 0. The number of piperidine rings is 1. The first-order valence-corrected chi connectivity index (χ1v) is 5.91. The normalized spacial score (nSPS) is 32.8. The molecule has 1 heterocycles. The number of nitrogens with zero attached hydrogens (tertiary/aromatic N) is 1. The first-order chi connectivity index (χ1) is 7.27. The molecule has 84 valence electrons. The van der Waals surface area contributed by atoms with Crippen molar-refractivity contribution in [3.8, 4) is 0 Å². The summed E-state index contributed by atoms with van der Waals surface area (Å²) in [5.41, 5.74) is 0. The van der Waals surface area contributed by atoms with Crippen LogP contribution in [0.4, 0.5) is 0 Å². The highest BCUT2D eigenvalue weighted by molar-refractivity contribution is 5.70. The Morgan fingerprint density at radius 1 is 1.33 bits per heavy atom. The number of hydrogen-bond donors (Lipinski definition) is 1. The molecule has 3 heteroatoms. The van der Waals surface area contributed by atoms with Crippen molar-refractivity contribution in [1.82, 2.24) is 4.90 Å². The number of rotatable bonds is 2. The first kappa shape index (κ1) is 10.7. The topological polar surface area (TPSA) is 40.5 Å². The van der Waals surface area contributed by atoms with E-state index < -0.39 is 5.97 Å². The van der Waals surface area contributed by atoms with E-state index in [2.05, 4.69) is 17.1 Å². The molecule has 0 saturated carbocycles. The number of carboxylic acid groups (broad SMARTS) is 1. The molecule has 0 aromatic rings. The maximum atomic E-state index is 10.9. The monoisotopic (exact) mass is 209 g/mol. The van der Waals surface area contributed by atoms with Gasteiger partial charge in [0, 0.05) is 12.6 Å². The van der Waals surface area contributed by atoms with E-state index in [0.717, 1.165) is 25.9 Å². The number of hydrogen-bond acceptors (Lipinski definition) is 2. The van der Waals surface area contributed by atoms with Gasteiger partial charge in [-0.3, -0.25) is 9.69 Å². The molecule has 1 fully saturated rings. The summed E-state index contributed by atoms with van der Waals surface area (Å²) in [6.45, 7) is 1.81. The zero-order valence-corrected chi connectivity index (χ0v) is 9.06. The largest absolute Gasteiger partial charge is 0.481 e. The van der Waals surface area contributed by atoms with Gasteiger partial charge >= 0.3 is 5.97 Å². The van der Waals surface area contributed by atoms with Crippen molar-refractivity contribution in [2.45, 2.75) is 38.1 Å². The highest BCUT2D eigenvalue weighted by atomic mass is 16.4. The molecule has 2 atom stereocenters. The summed E-state index contributed by atoms with van der Waals surface area (Å²) in [5, 5.41) is 9.01. The number of likely N-dealkylation sites (tertiary alicyclic amines) is 1. The first-order valence-electron chi connectivity index (χ1n) is 5.91. The van der Waals surface area contributed by atoms with Crippen LogP contribution in [0.2, 0.25) is 0 Å². The quantitative estimate of drug-likeness (QED) is 0.706. The van der Waals surface area contributed by atoms with Gasteiger partial charge in [-0.25, -0.2) is 0 Å². The van der Waals surface area contributed by atoms with Crippen LogP contribution < -0.4 is 0 Å². The Kier molecular flexibility index (Phi) is 3.41. The summed E-state index contributed by atoms with van der Waals surface area (Å²) in [6, 6.07) is 0.501. The van der Waals surface area contributed by atoms with Crippen molar-refractivity contribution in [3.63, 3.8) is 0 Å². The van der Waals surface area contributed by atoms with Crippen molar-refractivity contribution in [1.29, 1.82) is 0 Å². The van der Waals surface area contributed by atoms with Gasteiger partial charge < -0.3 is 5.11 Å². The van der Waals surface area contributed by atoms with Crippen LogP contribution in [0, 0.1) is 5.92 Å². The molecule has 0 radical (unpaired) electrons. The molecule has 0 bridgehead atoms. The molecule has 0 amide bonds. The molecule has 1 aliphatic carbocycles. The fourth-order valence-corrected chi connectivity index (χ4v) is 2.61. The van der Waals surface area contributed by atoms with Crippen LogP contribution >= 0.6 is 0 Å². The van der Waals surface area contributed by atoms with Crippen LogP contribution in [-0.2, 0) is 4.79 Å². The van der Waals surface area contributed by atoms with Gasteiger partial charge in [-0.05, 0) is 38.6 Å². The fraction of sp³-hybridized carbons (Fsp3) is 0.750. The number of allylic oxidation sites excluding steroid dienone is 1. The smallest absolute Gasteiger partial charge is 0.307 e. The van der Waals surface area contributed by atoms with Gasteiger partial charge in [-0.2, -0.15) is 0 Å². The number of aliphatic carboxylic acids is 1. The van der Waals surface area contributed by atoms with Gasteiger partial charge in [0.05, 0.1) is 5.92 Å². The Balaban J connectivity index is 1.94. The van der Waals surface area contributed by atoms with Crippen molar-refractivity contribution in [3.05, 3.63) is 12.2 Å². The van der Waals surface area contributed by atoms with Gasteiger partial charge in [0.15, 0.2) is 0 Å². The lowest BCUT2D eigenvalue weighted by Crippen LogP contribution is -2.44. The summed E-state index contributed by atoms with van der Waals surface area (Å²) >= 11 is 0. The molecule has 0 aromatic heterocycles. The minimum Gasteiger partial charge on any atom is -0.481 e. The molecule has 1 N–H and O–H groups in total. The molecular weight excluding hydrogens is 190 g/mol. The second-order valence-electron chi connectivity index (χ2n) is 4.60. The third-order valence-corrected chi connectivity index (χ3v) is 3.50. The van der Waals surface area contributed by atoms with Crippen LogP contribution in [0.15, 0.2) is 12.2 Å². The van der Waals surface area contributed by atoms with E-state index in [0.29, 0.717) is 6.04 Å². The Morgan fingerprint density at radius 3 is 2.87 bits per heavy atom. The second kappa shape index (κ2) is 4.79. The van der Waals surface area contributed by atoms with Crippen LogP contribution in [0.1, 0.15) is 32.1 Å². The third-order valence-electron chi connectivity index (χ3n) is 3.50. The molecule has 1 saturated heterocycles. The minimum atomic E-state index is -0.625. The maximum Gasteiger partial charge on any atom is 0.307 e. The van der Waals surface area contributed by atoms with Gasteiger partial charge in [0.1, 0.15) is 0 Å². The van der Waals surface area contributed by atoms with Gasteiger partial charge in [0.25, 0.3) is 0 Å². The predicted molar refractivity (Wildman–Crippen MR) is 58.7 cm³/mol. The highest BCUT2D eigenvalue weighted by Crippen LogP contribution is 2.23. The summed E-state index contributed by atoms with van der Waals surface area (Å²) in [6.07, 6.45) is 10.0. The highest BCUT2D eigenvalue weighted by Gasteiger charge is 2.28.